The molecule has 0 fully saturated rings. The fourth-order valence-corrected chi connectivity index (χ4v) is 1.77. The quantitative estimate of drug-likeness (QED) is 0.855. The van der Waals surface area contributed by atoms with Crippen LogP contribution in [0.15, 0.2) is 30.5 Å². The monoisotopic (exact) mass is 221 g/mol. The molecular formula is C10H11N3OS. The molecular weight excluding hydrogens is 210 g/mol. The molecule has 4 nitrogen and oxygen atoms in total. The average Bonchev–Trinajstić information content (AvgIpc) is 2.81. The van der Waals surface area contributed by atoms with Crippen molar-refractivity contribution >= 4 is 11.7 Å². The van der Waals surface area contributed by atoms with Crippen LogP contribution in [0.2, 0.25) is 0 Å². The van der Waals surface area contributed by atoms with Crippen LogP contribution in [-0.4, -0.2) is 15.9 Å². The maximum atomic E-state index is 6.03. The van der Waals surface area contributed by atoms with E-state index in [0.717, 1.165) is 28.7 Å². The number of nitrogens with two attached hydrogens (primary N) is 1. The minimum Gasteiger partial charge on any atom is -0.497 e. The lowest BCUT2D eigenvalue weighted by atomic mass is 10.1. The Morgan fingerprint density at radius 2 is 2.33 bits per heavy atom. The Labute approximate surface area is 92.0 Å². The molecule has 0 radical (unpaired) electrons. The van der Waals surface area contributed by atoms with Crippen LogP contribution in [0.25, 0.3) is 0 Å². The van der Waals surface area contributed by atoms with Gasteiger partial charge in [-0.25, -0.2) is 0 Å². The summed E-state index contributed by atoms with van der Waals surface area (Å²) < 4.78 is 13.2. The summed E-state index contributed by atoms with van der Waals surface area (Å²) in [7, 11) is 1.63. The summed E-state index contributed by atoms with van der Waals surface area (Å²) in [6, 6.07) is 7.42. The average molecular weight is 221 g/mol. The summed E-state index contributed by atoms with van der Waals surface area (Å²) in [4.78, 5) is 0. The third-order valence-electron chi connectivity index (χ3n) is 2.15. The van der Waals surface area contributed by atoms with Crippen LogP contribution in [0.3, 0.4) is 0 Å². The Bertz CT molecular complexity index is 430. The van der Waals surface area contributed by atoms with Crippen molar-refractivity contribution in [3.63, 3.8) is 0 Å². The minimum absolute atomic E-state index is 0.237. The molecule has 1 atom stereocenters. The van der Waals surface area contributed by atoms with Crippen molar-refractivity contribution in [2.24, 2.45) is 5.73 Å². The molecule has 15 heavy (non-hydrogen) atoms. The van der Waals surface area contributed by atoms with Gasteiger partial charge in [0.2, 0.25) is 0 Å². The normalized spacial score (nSPS) is 12.4. The molecule has 1 heterocycles. The second-order valence-corrected chi connectivity index (χ2v) is 3.64. The first-order valence-corrected chi connectivity index (χ1v) is 5.21. The molecule has 0 aliphatic carbocycles. The molecule has 2 N–H and O–H groups in total. The van der Waals surface area contributed by atoms with Crippen molar-refractivity contribution in [2.45, 2.75) is 6.04 Å². The van der Waals surface area contributed by atoms with Crippen molar-refractivity contribution in [3.8, 4) is 5.75 Å². The first kappa shape index (κ1) is 10.1. The highest BCUT2D eigenvalue weighted by molar-refractivity contribution is 6.99. The lowest BCUT2D eigenvalue weighted by molar-refractivity contribution is 0.414. The van der Waals surface area contributed by atoms with E-state index in [2.05, 4.69) is 8.75 Å². The van der Waals surface area contributed by atoms with Gasteiger partial charge in [-0.1, -0.05) is 12.1 Å². The number of ether oxygens (including phenoxy) is 1. The first-order valence-electron chi connectivity index (χ1n) is 4.48. The van der Waals surface area contributed by atoms with Gasteiger partial charge in [0, 0.05) is 0 Å². The number of hydrogen-bond acceptors (Lipinski definition) is 5. The zero-order valence-corrected chi connectivity index (χ0v) is 9.07. The summed E-state index contributed by atoms with van der Waals surface area (Å²) in [5, 5.41) is 0. The third-order valence-corrected chi connectivity index (χ3v) is 2.64. The number of nitrogens with zero attached hydrogens (tertiary/aromatic N) is 2. The highest BCUT2D eigenvalue weighted by atomic mass is 32.1. The Morgan fingerprint density at radius 3 is 3.00 bits per heavy atom. The molecule has 2 rings (SSSR count). The molecule has 0 saturated heterocycles. The van der Waals surface area contributed by atoms with E-state index in [9.17, 15) is 0 Å². The van der Waals surface area contributed by atoms with Gasteiger partial charge in [-0.2, -0.15) is 8.75 Å². The Balaban J connectivity index is 2.29. The van der Waals surface area contributed by atoms with E-state index in [1.165, 1.54) is 0 Å². The zero-order chi connectivity index (χ0) is 10.7. The van der Waals surface area contributed by atoms with Crippen molar-refractivity contribution in [2.75, 3.05) is 7.11 Å². The van der Waals surface area contributed by atoms with Crippen molar-refractivity contribution in [1.82, 2.24) is 8.75 Å². The predicted octanol–water partition coefficient (Wildman–Crippen LogP) is 1.59. The molecule has 0 amide bonds. The van der Waals surface area contributed by atoms with Gasteiger partial charge >= 0.3 is 0 Å². The molecule has 1 aromatic carbocycles. The van der Waals surface area contributed by atoms with E-state index in [-0.39, 0.29) is 6.04 Å². The van der Waals surface area contributed by atoms with Crippen LogP contribution in [0.4, 0.5) is 0 Å². The fourth-order valence-electron chi connectivity index (χ4n) is 1.31. The summed E-state index contributed by atoms with van der Waals surface area (Å²) in [5.41, 5.74) is 7.79. The third kappa shape index (κ3) is 2.14. The maximum Gasteiger partial charge on any atom is 0.119 e. The van der Waals surface area contributed by atoms with Gasteiger partial charge in [-0.05, 0) is 17.7 Å². The summed E-state index contributed by atoms with van der Waals surface area (Å²) in [5.74, 6) is 0.797. The van der Waals surface area contributed by atoms with Gasteiger partial charge < -0.3 is 10.5 Å². The molecule has 1 unspecified atom stereocenters. The molecule has 1 aromatic heterocycles. The maximum absolute atomic E-state index is 6.03. The smallest absolute Gasteiger partial charge is 0.119 e. The lowest BCUT2D eigenvalue weighted by Gasteiger charge is -2.09. The van der Waals surface area contributed by atoms with Crippen LogP contribution in [0.1, 0.15) is 17.3 Å². The number of rotatable bonds is 3. The van der Waals surface area contributed by atoms with Gasteiger partial charge in [-0.15, -0.1) is 0 Å². The summed E-state index contributed by atoms with van der Waals surface area (Å²) >= 11 is 1.16. The van der Waals surface area contributed by atoms with Gasteiger partial charge in [0.15, 0.2) is 0 Å². The minimum atomic E-state index is -0.237. The van der Waals surface area contributed by atoms with Gasteiger partial charge in [0.25, 0.3) is 0 Å². The molecule has 78 valence electrons. The van der Waals surface area contributed by atoms with E-state index in [1.807, 2.05) is 24.3 Å². The molecule has 5 heteroatoms. The number of aromatic nitrogens is 2. The lowest BCUT2D eigenvalue weighted by Crippen LogP contribution is -2.12. The predicted molar refractivity (Wildman–Crippen MR) is 58.9 cm³/mol. The van der Waals surface area contributed by atoms with E-state index in [1.54, 1.807) is 13.3 Å². The van der Waals surface area contributed by atoms with Crippen LogP contribution in [0.5, 0.6) is 5.75 Å². The van der Waals surface area contributed by atoms with Crippen molar-refractivity contribution in [1.29, 1.82) is 0 Å². The molecule has 0 saturated carbocycles. The van der Waals surface area contributed by atoms with E-state index >= 15 is 0 Å². The second kappa shape index (κ2) is 4.37. The van der Waals surface area contributed by atoms with Crippen LogP contribution in [-0.2, 0) is 0 Å². The summed E-state index contributed by atoms with van der Waals surface area (Å²) in [6.07, 6.45) is 1.69. The molecule has 0 aliphatic rings. The first-order chi connectivity index (χ1) is 7.31. The molecule has 0 aliphatic heterocycles. The van der Waals surface area contributed by atoms with E-state index in [0.29, 0.717) is 0 Å². The second-order valence-electron chi connectivity index (χ2n) is 3.09. The largest absolute Gasteiger partial charge is 0.497 e. The van der Waals surface area contributed by atoms with Crippen LogP contribution in [0, 0.1) is 0 Å². The summed E-state index contributed by atoms with van der Waals surface area (Å²) in [6.45, 7) is 0. The molecule has 2 aromatic rings. The van der Waals surface area contributed by atoms with E-state index < -0.39 is 0 Å². The van der Waals surface area contributed by atoms with Gasteiger partial charge in [-0.3, -0.25) is 0 Å². The Morgan fingerprint density at radius 1 is 1.47 bits per heavy atom. The standard InChI is InChI=1S/C10H11N3OS/c1-14-8-4-2-3-7(5-8)10(11)9-6-12-15-13-9/h2-6,10H,11H2,1H3. The zero-order valence-electron chi connectivity index (χ0n) is 8.25. The van der Waals surface area contributed by atoms with Gasteiger partial charge in [0.05, 0.1) is 36.8 Å². The van der Waals surface area contributed by atoms with E-state index in [4.69, 9.17) is 10.5 Å². The fraction of sp³-hybridized carbons (Fsp3) is 0.200. The van der Waals surface area contributed by atoms with Crippen LogP contribution < -0.4 is 10.5 Å². The highest BCUT2D eigenvalue weighted by Gasteiger charge is 2.11. The topological polar surface area (TPSA) is 61.0 Å². The van der Waals surface area contributed by atoms with Crippen molar-refractivity contribution in [3.05, 3.63) is 41.7 Å². The number of hydrogen-bond donors (Lipinski definition) is 1. The number of methoxy groups -OCH3 is 1. The van der Waals surface area contributed by atoms with Crippen molar-refractivity contribution < 1.29 is 4.74 Å². The van der Waals surface area contributed by atoms with Crippen LogP contribution >= 0.6 is 11.7 Å². The molecule has 0 bridgehead atoms. The van der Waals surface area contributed by atoms with Gasteiger partial charge in [0.1, 0.15) is 5.75 Å². The Kier molecular flexibility index (Phi) is 2.94. The molecule has 0 spiro atoms. The Hall–Kier alpha value is -1.46. The highest BCUT2D eigenvalue weighted by Crippen LogP contribution is 2.21. The SMILES string of the molecule is COc1cccc(C(N)c2cnsn2)c1. The number of benzene rings is 1.